The molecule has 2 amide bonds. The Kier molecular flexibility index (Phi) is 10.4. The standard InChI is InChI=1S/C24H28BrClF3N3O4S/c1-15(2)12-30-23(34)16(3)31(13-17-6-5-7-19(25)10-17)22(33)14-32(37(4,35)36)21-11-18(24(27,28)29)8-9-20(21)26/h5-11,15-16H,12-14H2,1-4H3,(H,30,34)/t16-/m1/s1. The lowest BCUT2D eigenvalue weighted by molar-refractivity contribution is -0.139. The van der Waals surface area contributed by atoms with Crippen molar-refractivity contribution in [2.45, 2.75) is 39.5 Å². The third-order valence-electron chi connectivity index (χ3n) is 5.32. The van der Waals surface area contributed by atoms with Gasteiger partial charge in [-0.1, -0.05) is 53.5 Å². The van der Waals surface area contributed by atoms with Crippen LogP contribution in [0.1, 0.15) is 31.9 Å². The molecular weight excluding hydrogens is 599 g/mol. The molecule has 2 rings (SSSR count). The summed E-state index contributed by atoms with van der Waals surface area (Å²) in [6, 6.07) is 8.17. The van der Waals surface area contributed by atoms with Crippen LogP contribution >= 0.6 is 27.5 Å². The molecule has 0 heterocycles. The first-order valence-corrected chi connectivity index (χ1v) is 14.2. The molecule has 0 saturated heterocycles. The molecule has 7 nitrogen and oxygen atoms in total. The Hall–Kier alpha value is -2.31. The molecular formula is C24H28BrClF3N3O4S. The van der Waals surface area contributed by atoms with Gasteiger partial charge in [-0.3, -0.25) is 13.9 Å². The van der Waals surface area contributed by atoms with E-state index in [1.165, 1.54) is 11.8 Å². The summed E-state index contributed by atoms with van der Waals surface area (Å²) in [6.07, 6.45) is -4.00. The van der Waals surface area contributed by atoms with E-state index in [-0.39, 0.29) is 17.5 Å². The molecule has 2 aromatic carbocycles. The van der Waals surface area contributed by atoms with Crippen molar-refractivity contribution in [1.82, 2.24) is 10.2 Å². The number of carbonyl (C=O) groups is 2. The number of alkyl halides is 3. The Morgan fingerprint density at radius 1 is 1.11 bits per heavy atom. The van der Waals surface area contributed by atoms with Gasteiger partial charge in [0.15, 0.2) is 0 Å². The van der Waals surface area contributed by atoms with Gasteiger partial charge >= 0.3 is 6.18 Å². The van der Waals surface area contributed by atoms with Crippen LogP contribution in [0.4, 0.5) is 18.9 Å². The van der Waals surface area contributed by atoms with E-state index >= 15 is 0 Å². The SMILES string of the molecule is CC(C)CNC(=O)[C@@H](C)N(Cc1cccc(Br)c1)C(=O)CN(c1cc(C(F)(F)F)ccc1Cl)S(C)(=O)=O. The molecule has 1 N–H and O–H groups in total. The number of halogens is 5. The number of sulfonamides is 1. The van der Waals surface area contributed by atoms with Crippen LogP contribution in [0.15, 0.2) is 46.9 Å². The van der Waals surface area contributed by atoms with E-state index in [1.807, 2.05) is 13.8 Å². The number of hydrogen-bond donors (Lipinski definition) is 1. The molecule has 1 atom stereocenters. The number of hydrogen-bond acceptors (Lipinski definition) is 4. The van der Waals surface area contributed by atoms with Crippen molar-refractivity contribution in [3.8, 4) is 0 Å². The lowest BCUT2D eigenvalue weighted by atomic mass is 10.1. The van der Waals surface area contributed by atoms with Crippen molar-refractivity contribution in [2.24, 2.45) is 5.92 Å². The van der Waals surface area contributed by atoms with Crippen LogP contribution in [-0.2, 0) is 32.3 Å². The molecule has 37 heavy (non-hydrogen) atoms. The molecule has 0 aromatic heterocycles. The summed E-state index contributed by atoms with van der Waals surface area (Å²) in [4.78, 5) is 27.5. The predicted molar refractivity (Wildman–Crippen MR) is 141 cm³/mol. The number of nitrogens with zero attached hydrogens (tertiary/aromatic N) is 2. The molecule has 0 fully saturated rings. The van der Waals surface area contributed by atoms with Gasteiger partial charge in [0, 0.05) is 17.6 Å². The number of amides is 2. The molecule has 0 aliphatic carbocycles. The molecule has 0 radical (unpaired) electrons. The largest absolute Gasteiger partial charge is 0.416 e. The van der Waals surface area contributed by atoms with Crippen LogP contribution < -0.4 is 9.62 Å². The third-order valence-corrected chi connectivity index (χ3v) is 7.25. The summed E-state index contributed by atoms with van der Waals surface area (Å²) in [5.41, 5.74) is -0.971. The summed E-state index contributed by atoms with van der Waals surface area (Å²) in [5.74, 6) is -1.11. The average Bonchev–Trinajstić information content (AvgIpc) is 2.78. The van der Waals surface area contributed by atoms with Crippen LogP contribution in [0.25, 0.3) is 0 Å². The minimum atomic E-state index is -4.76. The summed E-state index contributed by atoms with van der Waals surface area (Å²) >= 11 is 9.42. The van der Waals surface area contributed by atoms with Crippen molar-refractivity contribution in [2.75, 3.05) is 23.7 Å². The summed E-state index contributed by atoms with van der Waals surface area (Å²) < 4.78 is 66.4. The van der Waals surface area contributed by atoms with E-state index in [0.717, 1.165) is 22.9 Å². The summed E-state index contributed by atoms with van der Waals surface area (Å²) in [6.45, 7) is 4.74. The second kappa shape index (κ2) is 12.5. The smallest absolute Gasteiger partial charge is 0.354 e. The highest BCUT2D eigenvalue weighted by molar-refractivity contribution is 9.10. The first-order valence-electron chi connectivity index (χ1n) is 11.2. The highest BCUT2D eigenvalue weighted by atomic mass is 79.9. The van der Waals surface area contributed by atoms with Gasteiger partial charge in [0.1, 0.15) is 12.6 Å². The summed E-state index contributed by atoms with van der Waals surface area (Å²) in [5, 5.41) is 2.46. The quantitative estimate of drug-likeness (QED) is 0.399. The van der Waals surface area contributed by atoms with Crippen LogP contribution in [-0.4, -0.2) is 50.5 Å². The Balaban J connectivity index is 2.48. The Bertz CT molecular complexity index is 1240. The molecule has 0 aliphatic rings. The topological polar surface area (TPSA) is 86.8 Å². The van der Waals surface area contributed by atoms with Gasteiger partial charge in [-0.05, 0) is 48.7 Å². The minimum absolute atomic E-state index is 0.0531. The van der Waals surface area contributed by atoms with E-state index in [2.05, 4.69) is 21.2 Å². The highest BCUT2D eigenvalue weighted by Gasteiger charge is 2.34. The molecule has 0 saturated carbocycles. The fourth-order valence-corrected chi connectivity index (χ4v) is 4.91. The van der Waals surface area contributed by atoms with Crippen molar-refractivity contribution < 1.29 is 31.2 Å². The summed E-state index contributed by atoms with van der Waals surface area (Å²) in [7, 11) is -4.25. The number of anilines is 1. The van der Waals surface area contributed by atoms with E-state index in [0.29, 0.717) is 22.5 Å². The van der Waals surface area contributed by atoms with Gasteiger partial charge in [0.2, 0.25) is 21.8 Å². The maximum atomic E-state index is 13.5. The van der Waals surface area contributed by atoms with Crippen molar-refractivity contribution in [3.63, 3.8) is 0 Å². The van der Waals surface area contributed by atoms with E-state index in [9.17, 15) is 31.2 Å². The third kappa shape index (κ3) is 8.89. The monoisotopic (exact) mass is 625 g/mol. The Labute approximate surface area is 228 Å². The fourth-order valence-electron chi connectivity index (χ4n) is 3.34. The zero-order valence-corrected chi connectivity index (χ0v) is 23.8. The first-order chi connectivity index (χ1) is 17.0. The van der Waals surface area contributed by atoms with Crippen molar-refractivity contribution in [3.05, 3.63) is 63.1 Å². The molecule has 204 valence electrons. The van der Waals surface area contributed by atoms with Gasteiger partial charge in [-0.2, -0.15) is 13.2 Å². The van der Waals surface area contributed by atoms with Crippen molar-refractivity contribution in [1.29, 1.82) is 0 Å². The minimum Gasteiger partial charge on any atom is -0.354 e. The fraction of sp³-hybridized carbons (Fsp3) is 0.417. The Morgan fingerprint density at radius 3 is 2.30 bits per heavy atom. The maximum absolute atomic E-state index is 13.5. The van der Waals surface area contributed by atoms with Gasteiger partial charge in [-0.25, -0.2) is 8.42 Å². The zero-order valence-electron chi connectivity index (χ0n) is 20.6. The normalized spacial score (nSPS) is 12.8. The lowest BCUT2D eigenvalue weighted by Crippen LogP contribution is -2.51. The maximum Gasteiger partial charge on any atom is 0.416 e. The zero-order chi connectivity index (χ0) is 28.1. The number of nitrogens with one attached hydrogen (secondary N) is 1. The van der Waals surface area contributed by atoms with Crippen LogP contribution in [0.5, 0.6) is 0 Å². The lowest BCUT2D eigenvalue weighted by Gasteiger charge is -2.32. The number of rotatable bonds is 10. The molecule has 0 unspecified atom stereocenters. The molecule has 13 heteroatoms. The number of carbonyl (C=O) groups excluding carboxylic acids is 2. The highest BCUT2D eigenvalue weighted by Crippen LogP contribution is 2.36. The van der Waals surface area contributed by atoms with Gasteiger partial charge < -0.3 is 10.2 Å². The average molecular weight is 627 g/mol. The predicted octanol–water partition coefficient (Wildman–Crippen LogP) is 5.08. The van der Waals surface area contributed by atoms with Crippen LogP contribution in [0, 0.1) is 5.92 Å². The number of benzene rings is 2. The van der Waals surface area contributed by atoms with E-state index in [4.69, 9.17) is 11.6 Å². The van der Waals surface area contributed by atoms with E-state index < -0.39 is 51.9 Å². The Morgan fingerprint density at radius 2 is 1.76 bits per heavy atom. The molecule has 0 bridgehead atoms. The molecule has 0 aliphatic heterocycles. The second-order valence-electron chi connectivity index (χ2n) is 8.90. The van der Waals surface area contributed by atoms with E-state index in [1.54, 1.807) is 24.3 Å². The first kappa shape index (κ1) is 30.9. The molecule has 0 spiro atoms. The second-order valence-corrected chi connectivity index (χ2v) is 12.1. The van der Waals surface area contributed by atoms with Crippen LogP contribution in [0.3, 0.4) is 0 Å². The van der Waals surface area contributed by atoms with Gasteiger partial charge in [0.05, 0.1) is 22.5 Å². The van der Waals surface area contributed by atoms with Gasteiger partial charge in [-0.15, -0.1) is 0 Å². The van der Waals surface area contributed by atoms with Crippen molar-refractivity contribution >= 4 is 55.1 Å². The van der Waals surface area contributed by atoms with Crippen LogP contribution in [0.2, 0.25) is 5.02 Å². The molecule has 2 aromatic rings. The van der Waals surface area contributed by atoms with Gasteiger partial charge in [0.25, 0.3) is 0 Å².